The summed E-state index contributed by atoms with van der Waals surface area (Å²) in [5.41, 5.74) is 2.12. The molecule has 1 atom stereocenters. The van der Waals surface area contributed by atoms with Crippen LogP contribution in [0.3, 0.4) is 0 Å². The lowest BCUT2D eigenvalue weighted by Gasteiger charge is -2.32. The fraction of sp³-hybridized carbons (Fsp3) is 0.440. The first-order chi connectivity index (χ1) is 16.1. The molecule has 0 aliphatic heterocycles. The van der Waals surface area contributed by atoms with Crippen LogP contribution in [0.1, 0.15) is 31.4 Å². The van der Waals surface area contributed by atoms with Gasteiger partial charge in [-0.25, -0.2) is 8.42 Å². The van der Waals surface area contributed by atoms with E-state index < -0.39 is 28.5 Å². The maximum atomic E-state index is 13.5. The van der Waals surface area contributed by atoms with Crippen molar-refractivity contribution in [2.75, 3.05) is 37.3 Å². The maximum absolute atomic E-state index is 13.5. The van der Waals surface area contributed by atoms with Crippen LogP contribution in [0, 0.1) is 6.92 Å². The number of ether oxygens (including phenoxy) is 1. The molecule has 2 rings (SSSR count). The lowest BCUT2D eigenvalue weighted by atomic mass is 10.1. The van der Waals surface area contributed by atoms with Gasteiger partial charge in [-0.3, -0.25) is 13.9 Å². The minimum absolute atomic E-state index is 0.270. The third-order valence-corrected chi connectivity index (χ3v) is 6.61. The number of carbonyl (C=O) groups excluding carboxylic acids is 2. The summed E-state index contributed by atoms with van der Waals surface area (Å²) < 4.78 is 31.8. The van der Waals surface area contributed by atoms with E-state index in [4.69, 9.17) is 4.74 Å². The highest BCUT2D eigenvalue weighted by Crippen LogP contribution is 2.31. The van der Waals surface area contributed by atoms with Gasteiger partial charge in [-0.2, -0.15) is 0 Å². The van der Waals surface area contributed by atoms with Crippen LogP contribution in [0.2, 0.25) is 0 Å². The largest absolute Gasteiger partial charge is 0.495 e. The molecule has 0 spiro atoms. The molecule has 9 heteroatoms. The van der Waals surface area contributed by atoms with Crippen molar-refractivity contribution in [1.29, 1.82) is 0 Å². The number of nitrogens with one attached hydrogen (secondary N) is 1. The summed E-state index contributed by atoms with van der Waals surface area (Å²) in [6, 6.07) is 14.0. The number of anilines is 1. The zero-order valence-electron chi connectivity index (χ0n) is 20.6. The number of rotatable bonds is 12. The van der Waals surface area contributed by atoms with Gasteiger partial charge in [-0.1, -0.05) is 43.3 Å². The van der Waals surface area contributed by atoms with Crippen molar-refractivity contribution in [3.8, 4) is 5.75 Å². The summed E-state index contributed by atoms with van der Waals surface area (Å²) in [6.45, 7) is 5.76. The van der Waals surface area contributed by atoms with Gasteiger partial charge in [0.05, 0.1) is 19.1 Å². The summed E-state index contributed by atoms with van der Waals surface area (Å²) in [5, 5.41) is 2.82. The Labute approximate surface area is 202 Å². The van der Waals surface area contributed by atoms with Crippen LogP contribution in [0.25, 0.3) is 0 Å². The van der Waals surface area contributed by atoms with E-state index in [2.05, 4.69) is 5.32 Å². The SMILES string of the molecule is CCCNC(=O)C(C)N(CCc1ccccc1)C(=O)CN(c1cc(C)ccc1OC)S(C)(=O)=O. The Balaban J connectivity index is 2.36. The van der Waals surface area contributed by atoms with Crippen LogP contribution in [0.4, 0.5) is 5.69 Å². The standard InChI is InChI=1S/C25H35N3O5S/c1-6-15-26-25(30)20(3)27(16-14-21-10-8-7-9-11-21)24(29)18-28(34(5,31)32)22-17-19(2)12-13-23(22)33-4/h7-13,17,20H,6,14-16,18H2,1-5H3,(H,26,30). The van der Waals surface area contributed by atoms with Crippen LogP contribution in [-0.2, 0) is 26.0 Å². The van der Waals surface area contributed by atoms with Gasteiger partial charge in [-0.05, 0) is 49.9 Å². The van der Waals surface area contributed by atoms with Crippen LogP contribution >= 0.6 is 0 Å². The maximum Gasteiger partial charge on any atom is 0.244 e. The van der Waals surface area contributed by atoms with Crippen molar-refractivity contribution >= 4 is 27.5 Å². The highest BCUT2D eigenvalue weighted by atomic mass is 32.2. The third kappa shape index (κ3) is 7.48. The van der Waals surface area contributed by atoms with Gasteiger partial charge in [0.25, 0.3) is 0 Å². The summed E-state index contributed by atoms with van der Waals surface area (Å²) in [5.74, 6) is -0.403. The predicted molar refractivity (Wildman–Crippen MR) is 135 cm³/mol. The van der Waals surface area contributed by atoms with E-state index >= 15 is 0 Å². The topological polar surface area (TPSA) is 96.0 Å². The van der Waals surface area contributed by atoms with Gasteiger partial charge in [0.1, 0.15) is 18.3 Å². The van der Waals surface area contributed by atoms with Gasteiger partial charge in [0.2, 0.25) is 21.8 Å². The molecule has 34 heavy (non-hydrogen) atoms. The zero-order chi connectivity index (χ0) is 25.3. The number of amides is 2. The van der Waals surface area contributed by atoms with E-state index in [-0.39, 0.29) is 18.1 Å². The van der Waals surface area contributed by atoms with Gasteiger partial charge >= 0.3 is 0 Å². The number of aryl methyl sites for hydroxylation is 1. The van der Waals surface area contributed by atoms with E-state index in [0.717, 1.165) is 28.1 Å². The predicted octanol–water partition coefficient (Wildman–Crippen LogP) is 2.76. The zero-order valence-corrected chi connectivity index (χ0v) is 21.4. The number of benzene rings is 2. The number of methoxy groups -OCH3 is 1. The van der Waals surface area contributed by atoms with Gasteiger partial charge in [-0.15, -0.1) is 0 Å². The van der Waals surface area contributed by atoms with E-state index in [0.29, 0.717) is 18.7 Å². The monoisotopic (exact) mass is 489 g/mol. The molecule has 0 bridgehead atoms. The Bertz CT molecular complexity index is 1070. The van der Waals surface area contributed by atoms with Crippen molar-refractivity contribution in [2.45, 2.75) is 39.7 Å². The van der Waals surface area contributed by atoms with Crippen molar-refractivity contribution < 1.29 is 22.7 Å². The molecule has 2 aromatic carbocycles. The third-order valence-electron chi connectivity index (χ3n) is 5.48. The molecule has 0 fully saturated rings. The lowest BCUT2D eigenvalue weighted by molar-refractivity contribution is -0.138. The van der Waals surface area contributed by atoms with Gasteiger partial charge in [0.15, 0.2) is 0 Å². The van der Waals surface area contributed by atoms with Crippen molar-refractivity contribution in [2.24, 2.45) is 0 Å². The van der Waals surface area contributed by atoms with Crippen molar-refractivity contribution in [3.05, 3.63) is 59.7 Å². The Morgan fingerprint density at radius 3 is 2.38 bits per heavy atom. The first-order valence-corrected chi connectivity index (χ1v) is 13.2. The number of hydrogen-bond acceptors (Lipinski definition) is 5. The minimum atomic E-state index is -3.82. The smallest absolute Gasteiger partial charge is 0.244 e. The van der Waals surface area contributed by atoms with Crippen LogP contribution in [0.5, 0.6) is 5.75 Å². The van der Waals surface area contributed by atoms with E-state index in [1.54, 1.807) is 25.1 Å². The number of hydrogen-bond donors (Lipinski definition) is 1. The van der Waals surface area contributed by atoms with Gasteiger partial charge < -0.3 is 15.0 Å². The normalized spacial score (nSPS) is 12.0. The molecule has 0 aliphatic rings. The second-order valence-electron chi connectivity index (χ2n) is 8.23. The number of nitrogens with zero attached hydrogens (tertiary/aromatic N) is 2. The van der Waals surface area contributed by atoms with E-state index in [9.17, 15) is 18.0 Å². The Morgan fingerprint density at radius 1 is 1.12 bits per heavy atom. The molecular weight excluding hydrogens is 454 g/mol. The average Bonchev–Trinajstić information content (AvgIpc) is 2.80. The molecule has 1 unspecified atom stereocenters. The molecule has 186 valence electrons. The molecule has 0 saturated heterocycles. The Hall–Kier alpha value is -3.07. The second-order valence-corrected chi connectivity index (χ2v) is 10.1. The van der Waals surface area contributed by atoms with Crippen molar-refractivity contribution in [3.63, 3.8) is 0 Å². The molecule has 0 aliphatic carbocycles. The molecule has 1 N–H and O–H groups in total. The quantitative estimate of drug-likeness (QED) is 0.495. The Kier molecular flexibility index (Phi) is 9.92. The van der Waals surface area contributed by atoms with Gasteiger partial charge in [0, 0.05) is 13.1 Å². The Morgan fingerprint density at radius 2 is 1.79 bits per heavy atom. The molecule has 0 radical (unpaired) electrons. The molecule has 2 aromatic rings. The molecule has 0 saturated carbocycles. The summed E-state index contributed by atoms with van der Waals surface area (Å²) in [4.78, 5) is 27.6. The molecular formula is C25H35N3O5S. The first kappa shape index (κ1) is 27.2. The van der Waals surface area contributed by atoms with Crippen LogP contribution in [0.15, 0.2) is 48.5 Å². The van der Waals surface area contributed by atoms with Crippen LogP contribution in [-0.4, -0.2) is 64.2 Å². The molecule has 8 nitrogen and oxygen atoms in total. The molecule has 2 amide bonds. The summed E-state index contributed by atoms with van der Waals surface area (Å²) >= 11 is 0. The summed E-state index contributed by atoms with van der Waals surface area (Å²) in [7, 11) is -2.37. The number of sulfonamides is 1. The number of carbonyl (C=O) groups is 2. The molecule has 0 aromatic heterocycles. The summed E-state index contributed by atoms with van der Waals surface area (Å²) in [6.07, 6.45) is 2.35. The minimum Gasteiger partial charge on any atom is -0.495 e. The highest BCUT2D eigenvalue weighted by molar-refractivity contribution is 7.92. The first-order valence-electron chi connectivity index (χ1n) is 11.3. The fourth-order valence-corrected chi connectivity index (χ4v) is 4.40. The average molecular weight is 490 g/mol. The van der Waals surface area contributed by atoms with Crippen LogP contribution < -0.4 is 14.4 Å². The van der Waals surface area contributed by atoms with Crippen molar-refractivity contribution in [1.82, 2.24) is 10.2 Å². The fourth-order valence-electron chi connectivity index (χ4n) is 3.56. The van der Waals surface area contributed by atoms with E-state index in [1.165, 1.54) is 12.0 Å². The molecule has 0 heterocycles. The lowest BCUT2D eigenvalue weighted by Crippen LogP contribution is -2.52. The van der Waals surface area contributed by atoms with E-state index in [1.807, 2.05) is 44.2 Å². The second kappa shape index (κ2) is 12.4. The highest BCUT2D eigenvalue weighted by Gasteiger charge is 2.30.